The molecule has 0 aromatic heterocycles. The average Bonchev–Trinajstić information content (AvgIpc) is 2.23. The van der Waals surface area contributed by atoms with Gasteiger partial charge < -0.3 is 34.5 Å². The maximum absolute atomic E-state index is 8.88. The molecule has 0 aromatic carbocycles. The predicted molar refractivity (Wildman–Crippen MR) is 92.5 cm³/mol. The topological polar surface area (TPSA) is 176 Å². The Hall–Kier alpha value is 2.18. The van der Waals surface area contributed by atoms with Crippen LogP contribution in [0.2, 0.25) is 0 Å². The molecule has 0 saturated carbocycles. The fourth-order valence-corrected chi connectivity index (χ4v) is 1.25. The van der Waals surface area contributed by atoms with Gasteiger partial charge in [-0.3, -0.25) is 0 Å². The Kier molecular flexibility index (Phi) is 38.0. The van der Waals surface area contributed by atoms with Gasteiger partial charge in [-0.15, -0.1) is 0 Å². The van der Waals surface area contributed by atoms with Crippen molar-refractivity contribution in [1.29, 1.82) is 0 Å². The second-order valence-corrected chi connectivity index (χ2v) is 6.28. The summed E-state index contributed by atoms with van der Waals surface area (Å²) in [4.78, 5) is 43.1. The number of phosphoric acid groups is 2. The molecule has 0 unspecified atom stereocenters. The Balaban J connectivity index is -0.0000000767. The standard InChI is InChI=1S/C10H22O.2Na.2H3O4P.2H/c1-2-3-4-5-6-7-8-9-10-11;;;2*1-5(2,3)4;;/h11H,2-10H2,1H3;;;2*(H3,1,2,3,4);;. The Morgan fingerprint density at radius 3 is 1.04 bits per heavy atom. The van der Waals surface area contributed by atoms with E-state index in [2.05, 4.69) is 6.92 Å². The van der Waals surface area contributed by atoms with Crippen LogP contribution in [0.25, 0.3) is 0 Å². The van der Waals surface area contributed by atoms with Crippen molar-refractivity contribution in [2.45, 2.75) is 58.3 Å². The molecule has 0 rings (SSSR count). The molecule has 0 aromatic rings. The van der Waals surface area contributed by atoms with Gasteiger partial charge in [0.2, 0.25) is 0 Å². The monoisotopic (exact) mass is 402 g/mol. The van der Waals surface area contributed by atoms with Crippen LogP contribution in [-0.2, 0) is 9.13 Å². The third kappa shape index (κ3) is 115. The van der Waals surface area contributed by atoms with Gasteiger partial charge in [0.05, 0.1) is 0 Å². The van der Waals surface area contributed by atoms with E-state index >= 15 is 0 Å². The van der Waals surface area contributed by atoms with Crippen LogP contribution < -0.4 is 0 Å². The first-order valence-electron chi connectivity index (χ1n) is 6.59. The summed E-state index contributed by atoms with van der Waals surface area (Å²) in [5.41, 5.74) is 0. The van der Waals surface area contributed by atoms with Crippen molar-refractivity contribution in [2.75, 3.05) is 6.61 Å². The van der Waals surface area contributed by atoms with Crippen LogP contribution >= 0.6 is 15.6 Å². The van der Waals surface area contributed by atoms with Crippen molar-refractivity contribution in [2.24, 2.45) is 0 Å². The van der Waals surface area contributed by atoms with Gasteiger partial charge in [-0.05, 0) is 6.42 Å². The van der Waals surface area contributed by atoms with Crippen LogP contribution in [0.1, 0.15) is 58.3 Å². The van der Waals surface area contributed by atoms with Gasteiger partial charge >= 0.3 is 74.8 Å². The first-order valence-corrected chi connectivity index (χ1v) is 9.72. The Morgan fingerprint density at radius 1 is 0.609 bits per heavy atom. The number of hydrogen-bond acceptors (Lipinski definition) is 3. The van der Waals surface area contributed by atoms with E-state index in [1.807, 2.05) is 0 Å². The van der Waals surface area contributed by atoms with Crippen molar-refractivity contribution in [3.63, 3.8) is 0 Å². The van der Waals surface area contributed by atoms with Crippen molar-refractivity contribution in [1.82, 2.24) is 0 Å². The number of rotatable bonds is 8. The molecule has 23 heavy (non-hydrogen) atoms. The predicted octanol–water partition coefficient (Wildman–Crippen LogP) is -0.0348. The van der Waals surface area contributed by atoms with Gasteiger partial charge in [0, 0.05) is 6.61 Å². The summed E-state index contributed by atoms with van der Waals surface area (Å²) in [6.07, 6.45) is 10.4. The molecule has 0 bridgehead atoms. The number of hydrogen-bond donors (Lipinski definition) is 7. The summed E-state index contributed by atoms with van der Waals surface area (Å²) in [6, 6.07) is 0. The van der Waals surface area contributed by atoms with E-state index in [9.17, 15) is 0 Å². The molecule has 0 aliphatic rings. The van der Waals surface area contributed by atoms with Crippen LogP contribution in [0, 0.1) is 0 Å². The molecule has 0 aliphatic heterocycles. The summed E-state index contributed by atoms with van der Waals surface area (Å²) >= 11 is 0. The van der Waals surface area contributed by atoms with E-state index in [4.69, 9.17) is 43.6 Å². The van der Waals surface area contributed by atoms with Gasteiger partial charge in [-0.2, -0.15) is 0 Å². The van der Waals surface area contributed by atoms with Gasteiger partial charge in [-0.1, -0.05) is 51.9 Å². The van der Waals surface area contributed by atoms with Crippen LogP contribution in [0.3, 0.4) is 0 Å². The zero-order valence-electron chi connectivity index (χ0n) is 12.2. The third-order valence-corrected chi connectivity index (χ3v) is 2.01. The number of aliphatic hydroxyl groups is 1. The van der Waals surface area contributed by atoms with Crippen molar-refractivity contribution in [3.8, 4) is 0 Å². The summed E-state index contributed by atoms with van der Waals surface area (Å²) in [7, 11) is -9.28. The molecule has 0 spiro atoms. The van der Waals surface area contributed by atoms with E-state index in [0.717, 1.165) is 6.42 Å². The summed E-state index contributed by atoms with van der Waals surface area (Å²) in [6.45, 7) is 2.61. The van der Waals surface area contributed by atoms with E-state index in [-0.39, 0.29) is 59.1 Å². The molecular formula is C10H30Na2O9P2. The molecule has 0 amide bonds. The third-order valence-electron chi connectivity index (χ3n) is 2.01. The zero-order chi connectivity index (χ0) is 17.4. The average molecular weight is 402 g/mol. The fraction of sp³-hybridized carbons (Fsp3) is 1.00. The molecule has 0 heterocycles. The minimum absolute atomic E-state index is 0. The molecule has 13 heteroatoms. The first kappa shape index (κ1) is 36.2. The van der Waals surface area contributed by atoms with Crippen LogP contribution in [-0.4, -0.2) is 100 Å². The van der Waals surface area contributed by atoms with Gasteiger partial charge in [0.25, 0.3) is 0 Å². The van der Waals surface area contributed by atoms with Gasteiger partial charge in [-0.25, -0.2) is 9.13 Å². The zero-order valence-corrected chi connectivity index (χ0v) is 14.0. The molecule has 0 saturated heterocycles. The Morgan fingerprint density at radius 2 is 0.826 bits per heavy atom. The summed E-state index contributed by atoms with van der Waals surface area (Å²) in [5, 5.41) is 8.51. The summed E-state index contributed by atoms with van der Waals surface area (Å²) in [5.74, 6) is 0. The van der Waals surface area contributed by atoms with Crippen molar-refractivity contribution >= 4 is 74.8 Å². The van der Waals surface area contributed by atoms with Crippen molar-refractivity contribution < 1.29 is 43.6 Å². The Labute approximate surface area is 182 Å². The number of unbranched alkanes of at least 4 members (excludes halogenated alkanes) is 7. The minimum atomic E-state index is -4.64. The molecule has 0 radical (unpaired) electrons. The fourth-order valence-electron chi connectivity index (χ4n) is 1.25. The molecule has 136 valence electrons. The van der Waals surface area contributed by atoms with Crippen LogP contribution in [0.5, 0.6) is 0 Å². The van der Waals surface area contributed by atoms with E-state index < -0.39 is 15.6 Å². The quantitative estimate of drug-likeness (QED) is 0.167. The normalized spacial score (nSPS) is 10.1. The van der Waals surface area contributed by atoms with Crippen LogP contribution in [0.15, 0.2) is 0 Å². The van der Waals surface area contributed by atoms with E-state index in [1.165, 1.54) is 44.9 Å². The molecule has 0 fully saturated rings. The molecule has 0 aliphatic carbocycles. The second kappa shape index (κ2) is 24.2. The molecule has 7 N–H and O–H groups in total. The van der Waals surface area contributed by atoms with Crippen molar-refractivity contribution in [3.05, 3.63) is 0 Å². The Bertz CT molecular complexity index is 252. The SMILES string of the molecule is CCCCCCCCCCO.O=P(O)(O)O.O=P(O)(O)O.[NaH].[NaH]. The van der Waals surface area contributed by atoms with Gasteiger partial charge in [0.1, 0.15) is 0 Å². The molecule has 9 nitrogen and oxygen atoms in total. The molecule has 0 atom stereocenters. The number of aliphatic hydroxyl groups excluding tert-OH is 1. The molecular weight excluding hydrogens is 372 g/mol. The van der Waals surface area contributed by atoms with E-state index in [0.29, 0.717) is 6.61 Å². The van der Waals surface area contributed by atoms with Gasteiger partial charge in [0.15, 0.2) is 0 Å². The first-order chi connectivity index (χ1) is 9.41. The van der Waals surface area contributed by atoms with Crippen LogP contribution in [0.4, 0.5) is 0 Å². The maximum atomic E-state index is 8.88. The second-order valence-electron chi connectivity index (χ2n) is 4.23. The summed E-state index contributed by atoms with van der Waals surface area (Å²) < 4.78 is 17.8. The van der Waals surface area contributed by atoms with E-state index in [1.54, 1.807) is 0 Å².